The summed E-state index contributed by atoms with van der Waals surface area (Å²) in [6, 6.07) is 0. The number of carbonyl (C=O) groups excluding carboxylic acids is 1. The van der Waals surface area contributed by atoms with E-state index >= 15 is 0 Å². The molecule has 1 rings (SSSR count). The first-order valence-electron chi connectivity index (χ1n) is 15.8. The van der Waals surface area contributed by atoms with E-state index in [0.29, 0.717) is 45.9 Å². The Labute approximate surface area is 238 Å². The molecule has 0 heterocycles. The molecule has 0 aromatic heterocycles. The first-order valence-corrected chi connectivity index (χ1v) is 15.8. The molecule has 1 aliphatic carbocycles. The van der Waals surface area contributed by atoms with Crippen LogP contribution >= 0.6 is 0 Å². The van der Waals surface area contributed by atoms with Gasteiger partial charge in [0, 0.05) is 40.0 Å². The van der Waals surface area contributed by atoms with Crippen LogP contribution in [0.1, 0.15) is 119 Å². The molecular formula is C31H60O8. The molecule has 6 atom stereocenters. The Bertz CT molecular complexity index is 569. The second-order valence-corrected chi connectivity index (χ2v) is 10.8. The Morgan fingerprint density at radius 3 is 1.28 bits per heavy atom. The van der Waals surface area contributed by atoms with Crippen LogP contribution in [0.3, 0.4) is 0 Å². The van der Waals surface area contributed by atoms with Crippen LogP contribution in [0.2, 0.25) is 0 Å². The van der Waals surface area contributed by atoms with Gasteiger partial charge in [-0.05, 0) is 44.9 Å². The van der Waals surface area contributed by atoms with Crippen LogP contribution in [0.25, 0.3) is 0 Å². The van der Waals surface area contributed by atoms with Crippen molar-refractivity contribution in [2.75, 3.05) is 39.6 Å². The quantitative estimate of drug-likeness (QED) is 0.113. The zero-order chi connectivity index (χ0) is 28.9. The van der Waals surface area contributed by atoms with Gasteiger partial charge in [-0.25, -0.2) is 0 Å². The highest BCUT2D eigenvalue weighted by Crippen LogP contribution is 2.41. The molecule has 39 heavy (non-hydrogen) atoms. The fourth-order valence-corrected chi connectivity index (χ4v) is 4.95. The van der Waals surface area contributed by atoms with Crippen molar-refractivity contribution in [2.24, 2.45) is 0 Å². The molecular weight excluding hydrogens is 500 g/mol. The summed E-state index contributed by atoms with van der Waals surface area (Å²) in [6.45, 7) is 15.0. The molecule has 0 radical (unpaired) electrons. The van der Waals surface area contributed by atoms with Crippen LogP contribution in [-0.2, 0) is 33.2 Å². The molecule has 1 saturated carbocycles. The molecule has 232 valence electrons. The first-order chi connectivity index (χ1) is 18.9. The smallest absolute Gasteiger partial charge is 0.302 e. The van der Waals surface area contributed by atoms with Gasteiger partial charge in [-0.15, -0.1) is 0 Å². The molecule has 0 spiro atoms. The normalized spacial score (nSPS) is 27.1. The first kappa shape index (κ1) is 36.3. The van der Waals surface area contributed by atoms with E-state index in [2.05, 4.69) is 34.6 Å². The molecule has 0 aliphatic heterocycles. The van der Waals surface area contributed by atoms with Gasteiger partial charge in [-0.1, -0.05) is 66.7 Å². The standard InChI is InChI=1S/C31H60O8/c1-7-12-19-35-26-27(36-20-13-8-2)29(38-22-15-10-4)31(33,18-17-24-34-25(6)32)30(39-23-16-11-5)28(26)37-21-14-9-3/h26-30,33H,7-24H2,1-6H3/t26?,27?,28?,29-,30?,31?/m0/s1. The fourth-order valence-electron chi connectivity index (χ4n) is 4.95. The molecule has 8 heteroatoms. The maximum Gasteiger partial charge on any atom is 0.302 e. The Morgan fingerprint density at radius 1 is 0.564 bits per heavy atom. The topological polar surface area (TPSA) is 92.7 Å². The maximum absolute atomic E-state index is 12.6. The molecule has 0 bridgehead atoms. The van der Waals surface area contributed by atoms with Crippen molar-refractivity contribution in [1.29, 1.82) is 0 Å². The molecule has 1 aliphatic rings. The second kappa shape index (κ2) is 21.9. The van der Waals surface area contributed by atoms with Crippen molar-refractivity contribution in [2.45, 2.75) is 155 Å². The van der Waals surface area contributed by atoms with Gasteiger partial charge in [0.25, 0.3) is 0 Å². The van der Waals surface area contributed by atoms with Gasteiger partial charge < -0.3 is 33.5 Å². The third-order valence-corrected chi connectivity index (χ3v) is 7.27. The van der Waals surface area contributed by atoms with Gasteiger partial charge in [0.15, 0.2) is 0 Å². The van der Waals surface area contributed by atoms with E-state index in [0.717, 1.165) is 64.2 Å². The zero-order valence-electron chi connectivity index (χ0n) is 25.9. The summed E-state index contributed by atoms with van der Waals surface area (Å²) in [5.41, 5.74) is -1.40. The monoisotopic (exact) mass is 560 g/mol. The van der Waals surface area contributed by atoms with E-state index in [4.69, 9.17) is 28.4 Å². The Morgan fingerprint density at radius 2 is 0.923 bits per heavy atom. The predicted octanol–water partition coefficient (Wildman–Crippen LogP) is 6.00. The minimum absolute atomic E-state index is 0.222. The van der Waals surface area contributed by atoms with Gasteiger partial charge in [-0.2, -0.15) is 0 Å². The summed E-state index contributed by atoms with van der Waals surface area (Å²) in [6.07, 6.45) is 7.49. The number of hydrogen-bond acceptors (Lipinski definition) is 8. The van der Waals surface area contributed by atoms with Crippen LogP contribution in [0.4, 0.5) is 0 Å². The lowest BCUT2D eigenvalue weighted by atomic mass is 9.71. The van der Waals surface area contributed by atoms with E-state index in [-0.39, 0.29) is 12.6 Å². The maximum atomic E-state index is 12.6. The molecule has 0 aromatic rings. The lowest BCUT2D eigenvalue weighted by Gasteiger charge is -2.54. The summed E-state index contributed by atoms with van der Waals surface area (Å²) < 4.78 is 37.8. The highest BCUT2D eigenvalue weighted by Gasteiger charge is 2.61. The minimum atomic E-state index is -1.40. The highest BCUT2D eigenvalue weighted by atomic mass is 16.6. The Balaban J connectivity index is 3.53. The lowest BCUT2D eigenvalue weighted by molar-refractivity contribution is -0.311. The average Bonchev–Trinajstić information content (AvgIpc) is 2.91. The van der Waals surface area contributed by atoms with Crippen molar-refractivity contribution in [3.8, 4) is 0 Å². The van der Waals surface area contributed by atoms with Gasteiger partial charge in [-0.3, -0.25) is 4.79 Å². The van der Waals surface area contributed by atoms with Crippen molar-refractivity contribution in [1.82, 2.24) is 0 Å². The van der Waals surface area contributed by atoms with Gasteiger partial charge in [0.05, 0.1) is 6.61 Å². The average molecular weight is 561 g/mol. The number of unbranched alkanes of at least 4 members (excludes halogenated alkanes) is 5. The van der Waals surface area contributed by atoms with E-state index in [1.54, 1.807) is 0 Å². The summed E-state index contributed by atoms with van der Waals surface area (Å²) in [7, 11) is 0. The van der Waals surface area contributed by atoms with Crippen LogP contribution in [0, 0.1) is 0 Å². The van der Waals surface area contributed by atoms with Crippen LogP contribution in [0.15, 0.2) is 0 Å². The van der Waals surface area contributed by atoms with E-state index < -0.39 is 36.1 Å². The van der Waals surface area contributed by atoms with Crippen LogP contribution in [-0.4, -0.2) is 86.8 Å². The lowest BCUT2D eigenvalue weighted by Crippen LogP contribution is -2.73. The number of aliphatic hydroxyl groups is 1. The summed E-state index contributed by atoms with van der Waals surface area (Å²) in [4.78, 5) is 11.4. The molecule has 8 nitrogen and oxygen atoms in total. The molecule has 1 N–H and O–H groups in total. The Hall–Kier alpha value is -0.770. The van der Waals surface area contributed by atoms with Crippen molar-refractivity contribution in [3.63, 3.8) is 0 Å². The van der Waals surface area contributed by atoms with Crippen LogP contribution in [0.5, 0.6) is 0 Å². The number of ether oxygens (including phenoxy) is 6. The highest BCUT2D eigenvalue weighted by molar-refractivity contribution is 5.65. The molecule has 0 aromatic carbocycles. The SMILES string of the molecule is CCCCOC1C(OCCCC)C(OCCCC)C(O)(CCCOC(C)=O)[C@@H](OCCCC)C1OCCCC. The number of esters is 1. The molecule has 1 fully saturated rings. The summed E-state index contributed by atoms with van der Waals surface area (Å²) in [5, 5.41) is 12.6. The molecule has 0 amide bonds. The minimum Gasteiger partial charge on any atom is -0.466 e. The van der Waals surface area contributed by atoms with Gasteiger partial charge in [0.2, 0.25) is 0 Å². The number of hydrogen-bond donors (Lipinski definition) is 1. The van der Waals surface area contributed by atoms with Gasteiger partial charge in [0.1, 0.15) is 36.1 Å². The third-order valence-electron chi connectivity index (χ3n) is 7.27. The summed E-state index contributed by atoms with van der Waals surface area (Å²) >= 11 is 0. The van der Waals surface area contributed by atoms with Crippen LogP contribution < -0.4 is 0 Å². The predicted molar refractivity (Wildman–Crippen MR) is 154 cm³/mol. The van der Waals surface area contributed by atoms with Gasteiger partial charge >= 0.3 is 5.97 Å². The fraction of sp³-hybridized carbons (Fsp3) is 0.968. The van der Waals surface area contributed by atoms with E-state index in [1.165, 1.54) is 6.92 Å². The number of carbonyl (C=O) groups is 1. The molecule has 0 saturated heterocycles. The number of rotatable bonds is 24. The van der Waals surface area contributed by atoms with Crippen molar-refractivity contribution < 1.29 is 38.3 Å². The van der Waals surface area contributed by atoms with Crippen molar-refractivity contribution in [3.05, 3.63) is 0 Å². The second-order valence-electron chi connectivity index (χ2n) is 10.8. The largest absolute Gasteiger partial charge is 0.466 e. The van der Waals surface area contributed by atoms with E-state index in [1.807, 2.05) is 0 Å². The molecule has 5 unspecified atom stereocenters. The Kier molecular flexibility index (Phi) is 20.4. The zero-order valence-corrected chi connectivity index (χ0v) is 25.9. The van der Waals surface area contributed by atoms with Crippen molar-refractivity contribution >= 4 is 5.97 Å². The van der Waals surface area contributed by atoms with E-state index in [9.17, 15) is 9.90 Å². The third kappa shape index (κ3) is 12.7. The summed E-state index contributed by atoms with van der Waals surface area (Å²) in [5.74, 6) is -0.330.